The van der Waals surface area contributed by atoms with E-state index in [0.717, 1.165) is 24.3 Å². The monoisotopic (exact) mass is 290 g/mol. The third-order valence-corrected chi connectivity index (χ3v) is 2.83. The summed E-state index contributed by atoms with van der Waals surface area (Å²) < 4.78 is 14.5. The molecular formula is C14H11FN2O4. The summed E-state index contributed by atoms with van der Waals surface area (Å²) in [5.74, 6) is -2.67. The number of amides is 1. The van der Waals surface area contributed by atoms with E-state index in [1.165, 1.54) is 23.9 Å². The first kappa shape index (κ1) is 14.4. The normalized spacial score (nSPS) is 10.2. The molecule has 2 N–H and O–H groups in total. The van der Waals surface area contributed by atoms with Gasteiger partial charge in [-0.2, -0.15) is 0 Å². The van der Waals surface area contributed by atoms with E-state index in [1.807, 2.05) is 0 Å². The van der Waals surface area contributed by atoms with Gasteiger partial charge in [0.2, 0.25) is 0 Å². The molecule has 108 valence electrons. The summed E-state index contributed by atoms with van der Waals surface area (Å²) in [7, 11) is 1.53. The first-order valence-corrected chi connectivity index (χ1v) is 5.89. The van der Waals surface area contributed by atoms with Gasteiger partial charge in [0.25, 0.3) is 11.5 Å². The van der Waals surface area contributed by atoms with E-state index in [4.69, 9.17) is 5.11 Å². The predicted molar refractivity (Wildman–Crippen MR) is 73.0 cm³/mol. The van der Waals surface area contributed by atoms with Crippen LogP contribution in [-0.4, -0.2) is 21.6 Å². The quantitative estimate of drug-likeness (QED) is 0.896. The van der Waals surface area contributed by atoms with Crippen LogP contribution in [0.1, 0.15) is 20.7 Å². The Hall–Kier alpha value is -2.96. The summed E-state index contributed by atoms with van der Waals surface area (Å²) in [6.07, 6.45) is 1.40. The average molecular weight is 290 g/mol. The van der Waals surface area contributed by atoms with Crippen LogP contribution in [0.4, 0.5) is 10.1 Å². The summed E-state index contributed by atoms with van der Waals surface area (Å²) in [5, 5.41) is 11.3. The standard InChI is InChI=1S/C14H11FN2O4/c1-17-5-4-8(6-12(17)18)13(19)16-11-7-9(15)2-3-10(11)14(20)21/h2-7H,1H3,(H,16,19)(H,20,21). The van der Waals surface area contributed by atoms with Crippen LogP contribution in [0.2, 0.25) is 0 Å². The van der Waals surface area contributed by atoms with Crippen molar-refractivity contribution in [2.45, 2.75) is 0 Å². The van der Waals surface area contributed by atoms with Gasteiger partial charge in [-0.15, -0.1) is 0 Å². The lowest BCUT2D eigenvalue weighted by molar-refractivity contribution is 0.0698. The summed E-state index contributed by atoms with van der Waals surface area (Å²) in [5.41, 5.74) is -0.749. The maximum atomic E-state index is 13.2. The molecule has 1 aromatic heterocycles. The molecule has 2 aromatic rings. The predicted octanol–water partition coefficient (Wildman–Crippen LogP) is 1.47. The zero-order valence-corrected chi connectivity index (χ0v) is 11.0. The van der Waals surface area contributed by atoms with Crippen LogP contribution in [0.25, 0.3) is 0 Å². The van der Waals surface area contributed by atoms with E-state index < -0.39 is 17.7 Å². The van der Waals surface area contributed by atoms with Gasteiger partial charge in [0, 0.05) is 24.9 Å². The van der Waals surface area contributed by atoms with Gasteiger partial charge in [0.05, 0.1) is 11.3 Å². The number of nitrogens with one attached hydrogen (secondary N) is 1. The van der Waals surface area contributed by atoms with Gasteiger partial charge in [0.15, 0.2) is 0 Å². The van der Waals surface area contributed by atoms with Gasteiger partial charge in [-0.3, -0.25) is 9.59 Å². The van der Waals surface area contributed by atoms with Gasteiger partial charge < -0.3 is 15.0 Å². The van der Waals surface area contributed by atoms with Crippen molar-refractivity contribution in [2.75, 3.05) is 5.32 Å². The number of hydrogen-bond donors (Lipinski definition) is 2. The van der Waals surface area contributed by atoms with Gasteiger partial charge in [-0.05, 0) is 24.3 Å². The first-order chi connectivity index (χ1) is 9.88. The number of benzene rings is 1. The van der Waals surface area contributed by atoms with Crippen molar-refractivity contribution >= 4 is 17.6 Å². The van der Waals surface area contributed by atoms with Gasteiger partial charge in [0.1, 0.15) is 5.82 Å². The number of rotatable bonds is 3. The maximum absolute atomic E-state index is 13.2. The molecule has 0 aliphatic rings. The molecule has 0 atom stereocenters. The van der Waals surface area contributed by atoms with Crippen molar-refractivity contribution in [1.82, 2.24) is 4.57 Å². The summed E-state index contributed by atoms with van der Waals surface area (Å²) in [4.78, 5) is 34.5. The Morgan fingerprint density at radius 3 is 2.57 bits per heavy atom. The minimum absolute atomic E-state index is 0.0544. The number of carbonyl (C=O) groups is 2. The molecule has 1 heterocycles. The Morgan fingerprint density at radius 2 is 1.95 bits per heavy atom. The van der Waals surface area contributed by atoms with E-state index in [-0.39, 0.29) is 22.4 Å². The molecule has 7 heteroatoms. The summed E-state index contributed by atoms with van der Waals surface area (Å²) >= 11 is 0. The van der Waals surface area contributed by atoms with Crippen LogP contribution in [0.5, 0.6) is 0 Å². The highest BCUT2D eigenvalue weighted by Gasteiger charge is 2.15. The third-order valence-electron chi connectivity index (χ3n) is 2.83. The van der Waals surface area contributed by atoms with E-state index in [0.29, 0.717) is 0 Å². The fraction of sp³-hybridized carbons (Fsp3) is 0.0714. The molecule has 0 aliphatic heterocycles. The van der Waals surface area contributed by atoms with Crippen molar-refractivity contribution in [3.63, 3.8) is 0 Å². The Balaban J connectivity index is 2.35. The number of hydrogen-bond acceptors (Lipinski definition) is 3. The molecule has 6 nitrogen and oxygen atoms in total. The number of carboxylic acid groups (broad SMARTS) is 1. The number of aryl methyl sites for hydroxylation is 1. The second kappa shape index (κ2) is 5.58. The molecule has 0 aliphatic carbocycles. The smallest absolute Gasteiger partial charge is 0.337 e. The number of pyridine rings is 1. The van der Waals surface area contributed by atoms with Crippen molar-refractivity contribution in [3.05, 3.63) is 63.8 Å². The molecule has 0 unspecified atom stereocenters. The molecule has 2 rings (SSSR count). The molecule has 1 amide bonds. The van der Waals surface area contributed by atoms with Crippen molar-refractivity contribution in [2.24, 2.45) is 7.05 Å². The molecule has 0 spiro atoms. The Bertz CT molecular complexity index is 783. The van der Waals surface area contributed by atoms with Crippen molar-refractivity contribution < 1.29 is 19.1 Å². The number of aromatic nitrogens is 1. The lowest BCUT2D eigenvalue weighted by Gasteiger charge is -2.09. The second-order valence-corrected chi connectivity index (χ2v) is 4.31. The third kappa shape index (κ3) is 3.14. The van der Waals surface area contributed by atoms with Gasteiger partial charge in [-0.25, -0.2) is 9.18 Å². The molecule has 0 radical (unpaired) electrons. The van der Waals surface area contributed by atoms with Crippen LogP contribution in [0.15, 0.2) is 41.3 Å². The topological polar surface area (TPSA) is 88.4 Å². The van der Waals surface area contributed by atoms with E-state index in [2.05, 4.69) is 5.32 Å². The van der Waals surface area contributed by atoms with Gasteiger partial charge in [-0.1, -0.05) is 0 Å². The molecule has 1 aromatic carbocycles. The minimum atomic E-state index is -1.30. The van der Waals surface area contributed by atoms with Gasteiger partial charge >= 0.3 is 5.97 Å². The van der Waals surface area contributed by atoms with Crippen molar-refractivity contribution in [3.8, 4) is 0 Å². The second-order valence-electron chi connectivity index (χ2n) is 4.31. The number of aromatic carboxylic acids is 1. The SMILES string of the molecule is Cn1ccc(C(=O)Nc2cc(F)ccc2C(=O)O)cc1=O. The fourth-order valence-electron chi connectivity index (χ4n) is 1.69. The highest BCUT2D eigenvalue weighted by Crippen LogP contribution is 2.18. The average Bonchev–Trinajstić information content (AvgIpc) is 2.41. The van der Waals surface area contributed by atoms with Crippen LogP contribution < -0.4 is 10.9 Å². The zero-order chi connectivity index (χ0) is 15.6. The highest BCUT2D eigenvalue weighted by molar-refractivity contribution is 6.07. The lowest BCUT2D eigenvalue weighted by atomic mass is 10.1. The Kier molecular flexibility index (Phi) is 3.84. The Morgan fingerprint density at radius 1 is 1.24 bits per heavy atom. The van der Waals surface area contributed by atoms with Crippen molar-refractivity contribution in [1.29, 1.82) is 0 Å². The van der Waals surface area contributed by atoms with Crippen LogP contribution in [-0.2, 0) is 7.05 Å². The Labute approximate surface area is 118 Å². The van der Waals surface area contributed by atoms with Crippen LogP contribution in [0, 0.1) is 5.82 Å². The molecule has 0 bridgehead atoms. The van der Waals surface area contributed by atoms with E-state index in [1.54, 1.807) is 0 Å². The van der Waals surface area contributed by atoms with E-state index >= 15 is 0 Å². The zero-order valence-electron chi connectivity index (χ0n) is 11.0. The largest absolute Gasteiger partial charge is 0.478 e. The minimum Gasteiger partial charge on any atom is -0.478 e. The fourth-order valence-corrected chi connectivity index (χ4v) is 1.69. The molecule has 0 saturated carbocycles. The van der Waals surface area contributed by atoms with Crippen LogP contribution >= 0.6 is 0 Å². The molecule has 0 fully saturated rings. The number of anilines is 1. The summed E-state index contributed by atoms with van der Waals surface area (Å²) in [6.45, 7) is 0. The number of nitrogens with zero attached hydrogens (tertiary/aromatic N) is 1. The summed E-state index contributed by atoms with van der Waals surface area (Å²) in [6, 6.07) is 5.45. The van der Waals surface area contributed by atoms with E-state index in [9.17, 15) is 18.8 Å². The highest BCUT2D eigenvalue weighted by atomic mass is 19.1. The number of carbonyl (C=O) groups excluding carboxylic acids is 1. The molecule has 21 heavy (non-hydrogen) atoms. The molecular weight excluding hydrogens is 279 g/mol. The first-order valence-electron chi connectivity index (χ1n) is 5.89. The number of halogens is 1. The number of carboxylic acids is 1. The lowest BCUT2D eigenvalue weighted by Crippen LogP contribution is -2.20. The van der Waals surface area contributed by atoms with Crippen LogP contribution in [0.3, 0.4) is 0 Å². The molecule has 0 saturated heterocycles. The maximum Gasteiger partial charge on any atom is 0.337 e.